The van der Waals surface area contributed by atoms with E-state index in [1.807, 2.05) is 23.5 Å². The van der Waals surface area contributed by atoms with Crippen LogP contribution in [0.25, 0.3) is 0 Å². The maximum atomic E-state index is 12.8. The minimum Gasteiger partial charge on any atom is -0.375 e. The van der Waals surface area contributed by atoms with Gasteiger partial charge in [0.15, 0.2) is 5.16 Å². The van der Waals surface area contributed by atoms with E-state index in [0.717, 1.165) is 61.0 Å². The average molecular weight is 403 g/mol. The fourth-order valence-electron chi connectivity index (χ4n) is 4.42. The van der Waals surface area contributed by atoms with E-state index in [1.54, 1.807) is 25.2 Å². The van der Waals surface area contributed by atoms with Crippen LogP contribution in [0.15, 0.2) is 23.9 Å². The molecule has 1 amide bonds. The monoisotopic (exact) mass is 402 g/mol. The number of hydrogen-bond acceptors (Lipinski definition) is 7. The minimum atomic E-state index is -0.334. The van der Waals surface area contributed by atoms with Crippen LogP contribution in [0.4, 0.5) is 0 Å². The first-order valence-corrected chi connectivity index (χ1v) is 10.8. The Labute approximate surface area is 169 Å². The number of amides is 1. The summed E-state index contributed by atoms with van der Waals surface area (Å²) in [6.07, 6.45) is 10.1. The number of ether oxygens (including phenoxy) is 1. The Bertz CT molecular complexity index is 816. The van der Waals surface area contributed by atoms with Gasteiger partial charge in [0, 0.05) is 63.4 Å². The second kappa shape index (κ2) is 8.18. The molecule has 0 saturated carbocycles. The number of rotatable bonds is 5. The Morgan fingerprint density at radius 2 is 2.00 bits per heavy atom. The van der Waals surface area contributed by atoms with Gasteiger partial charge in [-0.3, -0.25) is 9.69 Å². The van der Waals surface area contributed by atoms with E-state index in [2.05, 4.69) is 24.8 Å². The van der Waals surface area contributed by atoms with E-state index in [1.165, 1.54) is 0 Å². The number of fused-ring (bicyclic) bond motifs is 2. The van der Waals surface area contributed by atoms with Gasteiger partial charge in [-0.05, 0) is 19.1 Å². The van der Waals surface area contributed by atoms with Crippen molar-refractivity contribution in [1.82, 2.24) is 29.7 Å². The number of carbonyl (C=O) groups is 1. The van der Waals surface area contributed by atoms with E-state index >= 15 is 0 Å². The first-order chi connectivity index (χ1) is 13.7. The van der Waals surface area contributed by atoms with Crippen LogP contribution in [0.1, 0.15) is 29.8 Å². The van der Waals surface area contributed by atoms with E-state index in [9.17, 15) is 4.79 Å². The molecule has 1 saturated heterocycles. The van der Waals surface area contributed by atoms with E-state index in [0.29, 0.717) is 6.54 Å². The Hall–Kier alpha value is -1.97. The Morgan fingerprint density at radius 3 is 2.68 bits per heavy atom. The lowest BCUT2D eigenvalue weighted by Gasteiger charge is -2.50. The van der Waals surface area contributed by atoms with Crippen molar-refractivity contribution >= 4 is 17.7 Å². The van der Waals surface area contributed by atoms with Gasteiger partial charge in [-0.1, -0.05) is 11.8 Å². The Kier molecular flexibility index (Phi) is 5.65. The molecule has 0 bridgehead atoms. The highest BCUT2D eigenvalue weighted by Gasteiger charge is 2.48. The molecule has 1 spiro atoms. The maximum absolute atomic E-state index is 12.8. The van der Waals surface area contributed by atoms with Crippen molar-refractivity contribution in [3.8, 4) is 0 Å². The Balaban J connectivity index is 1.50. The van der Waals surface area contributed by atoms with Crippen molar-refractivity contribution in [3.05, 3.63) is 35.7 Å². The predicted octanol–water partition coefficient (Wildman–Crippen LogP) is 1.44. The Morgan fingerprint density at radius 1 is 1.25 bits per heavy atom. The van der Waals surface area contributed by atoms with Gasteiger partial charge in [0.1, 0.15) is 6.61 Å². The number of aromatic amines is 1. The van der Waals surface area contributed by atoms with E-state index in [-0.39, 0.29) is 18.1 Å². The standard InChI is InChI=1S/C19H26N6O2S/c1-27-12-16(26)25-6-3-15-17(23-13-22-15)19(25)4-7-24(8-5-19)11-14-9-20-18(28-2)21-10-14/h9-10,13H,3-8,11-12H2,1-2H3,(H,22,23). The molecule has 28 heavy (non-hydrogen) atoms. The zero-order chi connectivity index (χ0) is 19.6. The summed E-state index contributed by atoms with van der Waals surface area (Å²) < 4.78 is 5.13. The molecular weight excluding hydrogens is 376 g/mol. The van der Waals surface area contributed by atoms with Crippen LogP contribution in [0.3, 0.4) is 0 Å². The van der Waals surface area contributed by atoms with Crippen LogP contribution in [0, 0.1) is 0 Å². The summed E-state index contributed by atoms with van der Waals surface area (Å²) in [6, 6.07) is 0. The summed E-state index contributed by atoms with van der Waals surface area (Å²) in [5.74, 6) is 0.0469. The summed E-state index contributed by atoms with van der Waals surface area (Å²) in [6.45, 7) is 3.44. The summed E-state index contributed by atoms with van der Waals surface area (Å²) in [7, 11) is 1.57. The van der Waals surface area contributed by atoms with Crippen molar-refractivity contribution in [2.45, 2.75) is 36.5 Å². The van der Waals surface area contributed by atoms with Crippen molar-refractivity contribution in [1.29, 1.82) is 0 Å². The normalized spacial score (nSPS) is 19.0. The van der Waals surface area contributed by atoms with Crippen LogP contribution >= 0.6 is 11.8 Å². The largest absolute Gasteiger partial charge is 0.375 e. The third-order valence-electron chi connectivity index (χ3n) is 5.78. The molecule has 0 atom stereocenters. The molecule has 2 aromatic heterocycles. The van der Waals surface area contributed by atoms with Crippen LogP contribution in [-0.4, -0.2) is 75.2 Å². The fraction of sp³-hybridized carbons (Fsp3) is 0.579. The number of nitrogens with zero attached hydrogens (tertiary/aromatic N) is 5. The lowest BCUT2D eigenvalue weighted by Crippen LogP contribution is -2.58. The second-order valence-corrected chi connectivity index (χ2v) is 8.12. The summed E-state index contributed by atoms with van der Waals surface area (Å²) in [5.41, 5.74) is 2.98. The molecule has 0 aliphatic carbocycles. The van der Waals surface area contributed by atoms with Gasteiger partial charge in [-0.25, -0.2) is 15.0 Å². The van der Waals surface area contributed by atoms with Crippen molar-refractivity contribution in [2.75, 3.05) is 39.6 Å². The lowest BCUT2D eigenvalue weighted by molar-refractivity contribution is -0.146. The number of piperidine rings is 1. The molecule has 2 aromatic rings. The average Bonchev–Trinajstić information content (AvgIpc) is 3.21. The maximum Gasteiger partial charge on any atom is 0.249 e. The van der Waals surface area contributed by atoms with Crippen molar-refractivity contribution in [3.63, 3.8) is 0 Å². The van der Waals surface area contributed by atoms with Crippen molar-refractivity contribution in [2.24, 2.45) is 0 Å². The van der Waals surface area contributed by atoms with Gasteiger partial charge in [0.25, 0.3) is 0 Å². The van der Waals surface area contributed by atoms with Crippen molar-refractivity contribution < 1.29 is 9.53 Å². The van der Waals surface area contributed by atoms with Gasteiger partial charge in [0.2, 0.25) is 5.91 Å². The molecule has 2 aliphatic heterocycles. The number of thioether (sulfide) groups is 1. The highest BCUT2D eigenvalue weighted by molar-refractivity contribution is 7.98. The molecular formula is C19H26N6O2S. The number of likely N-dealkylation sites (tertiary alicyclic amines) is 1. The molecule has 0 aromatic carbocycles. The smallest absolute Gasteiger partial charge is 0.249 e. The van der Waals surface area contributed by atoms with Crippen LogP contribution in [0.5, 0.6) is 0 Å². The van der Waals surface area contributed by atoms with Crippen LogP contribution < -0.4 is 0 Å². The summed E-state index contributed by atoms with van der Waals surface area (Å²) in [4.78, 5) is 33.8. The SMILES string of the molecule is COCC(=O)N1CCc2[nH]cnc2C12CCN(Cc1cnc(SC)nc1)CC2. The molecule has 8 nitrogen and oxygen atoms in total. The number of methoxy groups -OCH3 is 1. The van der Waals surface area contributed by atoms with Gasteiger partial charge in [-0.2, -0.15) is 0 Å². The van der Waals surface area contributed by atoms with E-state index < -0.39 is 0 Å². The number of hydrogen-bond donors (Lipinski definition) is 1. The minimum absolute atomic E-state index is 0.0469. The number of carbonyl (C=O) groups excluding carboxylic acids is 1. The molecule has 9 heteroatoms. The summed E-state index contributed by atoms with van der Waals surface area (Å²) in [5, 5.41) is 0.793. The number of imidazole rings is 1. The lowest BCUT2D eigenvalue weighted by atomic mass is 9.78. The topological polar surface area (TPSA) is 87.2 Å². The van der Waals surface area contributed by atoms with Crippen LogP contribution in [0.2, 0.25) is 0 Å². The third-order valence-corrected chi connectivity index (χ3v) is 6.36. The second-order valence-electron chi connectivity index (χ2n) is 7.34. The van der Waals surface area contributed by atoms with Gasteiger partial charge >= 0.3 is 0 Å². The molecule has 1 N–H and O–H groups in total. The summed E-state index contributed by atoms with van der Waals surface area (Å²) >= 11 is 1.55. The molecule has 1 fully saturated rings. The number of H-pyrrole nitrogens is 1. The molecule has 150 valence electrons. The predicted molar refractivity (Wildman–Crippen MR) is 106 cm³/mol. The molecule has 2 aliphatic rings. The van der Waals surface area contributed by atoms with Crippen LogP contribution in [-0.2, 0) is 28.0 Å². The first-order valence-electron chi connectivity index (χ1n) is 9.55. The quantitative estimate of drug-likeness (QED) is 0.598. The zero-order valence-electron chi connectivity index (χ0n) is 16.3. The molecule has 0 radical (unpaired) electrons. The first kappa shape index (κ1) is 19.4. The van der Waals surface area contributed by atoms with Gasteiger partial charge in [0.05, 0.1) is 17.6 Å². The molecule has 4 heterocycles. The third kappa shape index (κ3) is 3.54. The highest BCUT2D eigenvalue weighted by Crippen LogP contribution is 2.42. The highest BCUT2D eigenvalue weighted by atomic mass is 32.2. The molecule has 4 rings (SSSR count). The number of nitrogens with one attached hydrogen (secondary N) is 1. The molecule has 0 unspecified atom stereocenters. The zero-order valence-corrected chi connectivity index (χ0v) is 17.2. The van der Waals surface area contributed by atoms with E-state index in [4.69, 9.17) is 4.74 Å². The fourth-order valence-corrected chi connectivity index (χ4v) is 4.74. The van der Waals surface area contributed by atoms with Gasteiger partial charge in [-0.15, -0.1) is 0 Å². The number of aromatic nitrogens is 4. The van der Waals surface area contributed by atoms with Gasteiger partial charge < -0.3 is 14.6 Å².